The van der Waals surface area contributed by atoms with Gasteiger partial charge in [0.1, 0.15) is 6.07 Å². The second-order valence-corrected chi connectivity index (χ2v) is 6.56. The van der Waals surface area contributed by atoms with Gasteiger partial charge in [-0.2, -0.15) is 10.4 Å². The lowest BCUT2D eigenvalue weighted by Gasteiger charge is -2.07. The molecule has 5 nitrogen and oxygen atoms in total. The van der Waals surface area contributed by atoms with Crippen molar-refractivity contribution in [3.05, 3.63) is 17.0 Å². The summed E-state index contributed by atoms with van der Waals surface area (Å²) in [6, 6.07) is 1.96. The van der Waals surface area contributed by atoms with E-state index in [-0.39, 0.29) is 17.2 Å². The Balaban J connectivity index is 2.49. The molecule has 0 N–H and O–H groups in total. The number of nitriles is 1. The Morgan fingerprint density at radius 2 is 2.19 bits per heavy atom. The molecule has 1 aliphatic rings. The summed E-state index contributed by atoms with van der Waals surface area (Å²) in [4.78, 5) is 0. The molecule has 0 aliphatic carbocycles. The van der Waals surface area contributed by atoms with Crippen LogP contribution in [0.5, 0.6) is 0 Å². The zero-order chi connectivity index (χ0) is 11.9. The molecule has 0 atom stereocenters. The van der Waals surface area contributed by atoms with Crippen LogP contribution in [-0.2, 0) is 27.9 Å². The standard InChI is InChI=1S/C10H13N3O2S/c1-7(2)4-13-10-6-16(14,15)5-8(10)9(3-11)12-13/h7H,4-6H2,1-2H3. The maximum absolute atomic E-state index is 11.5. The molecule has 0 fully saturated rings. The van der Waals surface area contributed by atoms with Gasteiger partial charge < -0.3 is 0 Å². The van der Waals surface area contributed by atoms with Gasteiger partial charge in [-0.15, -0.1) is 0 Å². The quantitative estimate of drug-likeness (QED) is 0.766. The molecule has 0 saturated carbocycles. The highest BCUT2D eigenvalue weighted by atomic mass is 32.2. The molecule has 0 spiro atoms. The van der Waals surface area contributed by atoms with Crippen molar-refractivity contribution >= 4 is 9.84 Å². The first kappa shape index (κ1) is 11.1. The molecule has 6 heteroatoms. The van der Waals surface area contributed by atoms with E-state index in [1.165, 1.54) is 0 Å². The first-order valence-electron chi connectivity index (χ1n) is 5.12. The van der Waals surface area contributed by atoms with E-state index in [1.54, 1.807) is 4.68 Å². The Bertz CT molecular complexity index is 564. The highest BCUT2D eigenvalue weighted by Gasteiger charge is 2.32. The van der Waals surface area contributed by atoms with Crippen LogP contribution in [0, 0.1) is 17.2 Å². The lowest BCUT2D eigenvalue weighted by Crippen LogP contribution is -2.11. The summed E-state index contributed by atoms with van der Waals surface area (Å²) in [7, 11) is -3.06. The highest BCUT2D eigenvalue weighted by Crippen LogP contribution is 2.28. The van der Waals surface area contributed by atoms with Gasteiger partial charge in [-0.3, -0.25) is 4.68 Å². The molecule has 0 saturated heterocycles. The molecule has 2 heterocycles. The summed E-state index contributed by atoms with van der Waals surface area (Å²) in [5, 5.41) is 13.0. The Morgan fingerprint density at radius 1 is 1.50 bits per heavy atom. The molecule has 0 radical (unpaired) electrons. The molecular weight excluding hydrogens is 226 g/mol. The fourth-order valence-corrected chi connectivity index (χ4v) is 3.50. The molecule has 0 bridgehead atoms. The van der Waals surface area contributed by atoms with Gasteiger partial charge in [0.05, 0.1) is 17.2 Å². The molecule has 0 unspecified atom stereocenters. The maximum Gasteiger partial charge on any atom is 0.167 e. The summed E-state index contributed by atoms with van der Waals surface area (Å²) in [6.07, 6.45) is 0. The third kappa shape index (κ3) is 1.83. The second-order valence-electron chi connectivity index (χ2n) is 4.49. The molecular formula is C10H13N3O2S. The minimum Gasteiger partial charge on any atom is -0.267 e. The van der Waals surface area contributed by atoms with Crippen LogP contribution < -0.4 is 0 Å². The number of aromatic nitrogens is 2. The van der Waals surface area contributed by atoms with Gasteiger partial charge in [0, 0.05) is 12.1 Å². The average molecular weight is 239 g/mol. The van der Waals surface area contributed by atoms with Gasteiger partial charge >= 0.3 is 0 Å². The minimum atomic E-state index is -3.06. The Labute approximate surface area is 94.6 Å². The van der Waals surface area contributed by atoms with Crippen LogP contribution in [0.2, 0.25) is 0 Å². The van der Waals surface area contributed by atoms with Crippen LogP contribution in [0.25, 0.3) is 0 Å². The second kappa shape index (κ2) is 3.59. The fourth-order valence-electron chi connectivity index (χ4n) is 1.91. The van der Waals surface area contributed by atoms with Crippen molar-refractivity contribution in [1.82, 2.24) is 9.78 Å². The largest absolute Gasteiger partial charge is 0.267 e. The van der Waals surface area contributed by atoms with E-state index in [2.05, 4.69) is 5.10 Å². The van der Waals surface area contributed by atoms with Crippen LogP contribution in [0.4, 0.5) is 0 Å². The Hall–Kier alpha value is -1.35. The minimum absolute atomic E-state index is 0.0176. The number of hydrogen-bond donors (Lipinski definition) is 0. The monoisotopic (exact) mass is 239 g/mol. The van der Waals surface area contributed by atoms with Crippen LogP contribution in [-0.4, -0.2) is 18.2 Å². The summed E-state index contributed by atoms with van der Waals surface area (Å²) in [5.74, 6) is 0.353. The third-order valence-corrected chi connectivity index (χ3v) is 3.97. The van der Waals surface area contributed by atoms with Crippen molar-refractivity contribution < 1.29 is 8.42 Å². The zero-order valence-corrected chi connectivity index (χ0v) is 10.1. The smallest absolute Gasteiger partial charge is 0.167 e. The van der Waals surface area contributed by atoms with Crippen molar-refractivity contribution in [1.29, 1.82) is 5.26 Å². The van der Waals surface area contributed by atoms with Gasteiger partial charge in [0.15, 0.2) is 15.5 Å². The molecule has 2 rings (SSSR count). The lowest BCUT2D eigenvalue weighted by molar-refractivity contribution is 0.472. The predicted molar refractivity (Wildman–Crippen MR) is 58.1 cm³/mol. The van der Waals surface area contributed by atoms with Gasteiger partial charge in [0.2, 0.25) is 0 Å². The van der Waals surface area contributed by atoms with Gasteiger partial charge in [-0.25, -0.2) is 8.42 Å². The van der Waals surface area contributed by atoms with Crippen molar-refractivity contribution in [2.45, 2.75) is 31.9 Å². The third-order valence-electron chi connectivity index (χ3n) is 2.53. The summed E-state index contributed by atoms with van der Waals surface area (Å²) >= 11 is 0. The maximum atomic E-state index is 11.5. The van der Waals surface area contributed by atoms with E-state index >= 15 is 0 Å². The first-order chi connectivity index (χ1) is 7.43. The van der Waals surface area contributed by atoms with Crippen LogP contribution >= 0.6 is 0 Å². The predicted octanol–water partition coefficient (Wildman–Crippen LogP) is 0.839. The molecule has 1 aromatic rings. The van der Waals surface area contributed by atoms with E-state index in [1.807, 2.05) is 19.9 Å². The van der Waals surface area contributed by atoms with E-state index < -0.39 is 9.84 Å². The first-order valence-corrected chi connectivity index (χ1v) is 6.94. The van der Waals surface area contributed by atoms with Gasteiger partial charge in [0.25, 0.3) is 0 Å². The number of rotatable bonds is 2. The van der Waals surface area contributed by atoms with Gasteiger partial charge in [-0.05, 0) is 5.92 Å². The van der Waals surface area contributed by atoms with Crippen molar-refractivity contribution in [3.63, 3.8) is 0 Å². The van der Waals surface area contributed by atoms with Crippen LogP contribution in [0.3, 0.4) is 0 Å². The van der Waals surface area contributed by atoms with Gasteiger partial charge in [-0.1, -0.05) is 13.8 Å². The highest BCUT2D eigenvalue weighted by molar-refractivity contribution is 7.90. The molecule has 86 valence electrons. The molecule has 1 aromatic heterocycles. The molecule has 16 heavy (non-hydrogen) atoms. The number of nitrogens with zero attached hydrogens (tertiary/aromatic N) is 3. The number of fused-ring (bicyclic) bond motifs is 1. The Kier molecular flexibility index (Phi) is 2.50. The number of hydrogen-bond acceptors (Lipinski definition) is 4. The van der Waals surface area contributed by atoms with E-state index in [0.29, 0.717) is 23.7 Å². The van der Waals surface area contributed by atoms with Crippen molar-refractivity contribution in [2.75, 3.05) is 0 Å². The topological polar surface area (TPSA) is 75.8 Å². The Morgan fingerprint density at radius 3 is 2.75 bits per heavy atom. The van der Waals surface area contributed by atoms with Crippen LogP contribution in [0.15, 0.2) is 0 Å². The fraction of sp³-hybridized carbons (Fsp3) is 0.600. The van der Waals surface area contributed by atoms with Crippen molar-refractivity contribution in [2.24, 2.45) is 5.92 Å². The summed E-state index contributed by atoms with van der Waals surface area (Å²) in [5.41, 5.74) is 1.56. The number of sulfone groups is 1. The molecule has 0 amide bonds. The summed E-state index contributed by atoms with van der Waals surface area (Å²) in [6.45, 7) is 4.71. The molecule has 1 aliphatic heterocycles. The molecule has 0 aromatic carbocycles. The lowest BCUT2D eigenvalue weighted by atomic mass is 10.2. The van der Waals surface area contributed by atoms with E-state index in [0.717, 1.165) is 0 Å². The van der Waals surface area contributed by atoms with Crippen LogP contribution in [0.1, 0.15) is 30.8 Å². The zero-order valence-electron chi connectivity index (χ0n) is 9.27. The van der Waals surface area contributed by atoms with E-state index in [4.69, 9.17) is 5.26 Å². The average Bonchev–Trinajstić information content (AvgIpc) is 2.60. The van der Waals surface area contributed by atoms with E-state index in [9.17, 15) is 8.42 Å². The van der Waals surface area contributed by atoms with Crippen molar-refractivity contribution in [3.8, 4) is 6.07 Å². The normalized spacial score (nSPS) is 17.4. The SMILES string of the molecule is CC(C)Cn1nc(C#N)c2c1CS(=O)(=O)C2. The summed E-state index contributed by atoms with van der Waals surface area (Å²) < 4.78 is 24.7.